The molecule has 1 aromatic carbocycles. The fraction of sp³-hybridized carbons (Fsp3) is 0.500. The van der Waals surface area contributed by atoms with E-state index < -0.39 is 4.92 Å². The maximum Gasteiger partial charge on any atom is 0.293 e. The molecule has 8 nitrogen and oxygen atoms in total. The third-order valence-corrected chi connectivity index (χ3v) is 3.55. The molecule has 0 aliphatic heterocycles. The van der Waals surface area contributed by atoms with Gasteiger partial charge in [0.15, 0.2) is 13.1 Å². The molecule has 2 amide bonds. The van der Waals surface area contributed by atoms with Crippen LogP contribution >= 0.6 is 0 Å². The minimum absolute atomic E-state index is 0.0377. The molecule has 0 radical (unpaired) electrons. The van der Waals surface area contributed by atoms with Crippen LogP contribution in [0.1, 0.15) is 25.0 Å². The highest BCUT2D eigenvalue weighted by atomic mass is 16.6. The van der Waals surface area contributed by atoms with Gasteiger partial charge in [-0.2, -0.15) is 0 Å². The van der Waals surface area contributed by atoms with E-state index >= 15 is 0 Å². The summed E-state index contributed by atoms with van der Waals surface area (Å²) in [4.78, 5) is 35.2. The Morgan fingerprint density at radius 2 is 1.79 bits per heavy atom. The number of carbonyl (C=O) groups excluding carboxylic acids is 2. The van der Waals surface area contributed by atoms with Gasteiger partial charge in [0.1, 0.15) is 5.69 Å². The Morgan fingerprint density at radius 3 is 2.33 bits per heavy atom. The zero-order chi connectivity index (χ0) is 18.4. The Labute approximate surface area is 141 Å². The van der Waals surface area contributed by atoms with E-state index in [0.717, 1.165) is 5.56 Å². The van der Waals surface area contributed by atoms with Gasteiger partial charge in [-0.1, -0.05) is 6.07 Å². The highest BCUT2D eigenvalue weighted by Gasteiger charge is 2.21. The van der Waals surface area contributed by atoms with Crippen molar-refractivity contribution >= 4 is 23.2 Å². The predicted octanol–water partition coefficient (Wildman–Crippen LogP) is 0.189. The van der Waals surface area contributed by atoms with E-state index in [0.29, 0.717) is 10.5 Å². The van der Waals surface area contributed by atoms with Crippen LogP contribution in [-0.4, -0.2) is 42.9 Å². The van der Waals surface area contributed by atoms with E-state index in [4.69, 9.17) is 0 Å². The third-order valence-electron chi connectivity index (χ3n) is 3.55. The molecule has 0 fully saturated rings. The van der Waals surface area contributed by atoms with Gasteiger partial charge in [0, 0.05) is 12.1 Å². The van der Waals surface area contributed by atoms with Crippen molar-refractivity contribution in [3.8, 4) is 0 Å². The number of carbonyl (C=O) groups is 2. The summed E-state index contributed by atoms with van der Waals surface area (Å²) in [5, 5.41) is 16.5. The number of nitrogens with zero attached hydrogens (tertiary/aromatic N) is 1. The molecule has 24 heavy (non-hydrogen) atoms. The van der Waals surface area contributed by atoms with Crippen LogP contribution in [0.3, 0.4) is 0 Å². The molecule has 1 aromatic rings. The van der Waals surface area contributed by atoms with Crippen LogP contribution in [0.15, 0.2) is 12.1 Å². The van der Waals surface area contributed by atoms with Gasteiger partial charge in [-0.15, -0.1) is 0 Å². The zero-order valence-corrected chi connectivity index (χ0v) is 14.7. The maximum atomic E-state index is 12.2. The van der Waals surface area contributed by atoms with E-state index in [2.05, 4.69) is 10.6 Å². The van der Waals surface area contributed by atoms with Crippen molar-refractivity contribution in [2.24, 2.45) is 0 Å². The summed E-state index contributed by atoms with van der Waals surface area (Å²) in [7, 11) is 1.72. The molecule has 1 atom stereocenters. The van der Waals surface area contributed by atoms with E-state index in [1.54, 1.807) is 20.0 Å². The predicted molar refractivity (Wildman–Crippen MR) is 91.1 cm³/mol. The lowest BCUT2D eigenvalue weighted by Crippen LogP contribution is -3.11. The van der Waals surface area contributed by atoms with Crippen LogP contribution in [0.25, 0.3) is 0 Å². The lowest BCUT2D eigenvalue weighted by Gasteiger charge is -2.16. The lowest BCUT2D eigenvalue weighted by molar-refractivity contribution is -0.862. The van der Waals surface area contributed by atoms with Crippen LogP contribution in [0.2, 0.25) is 0 Å². The second-order valence-electron chi connectivity index (χ2n) is 6.24. The summed E-state index contributed by atoms with van der Waals surface area (Å²) < 4.78 is 0. The van der Waals surface area contributed by atoms with E-state index in [1.165, 1.54) is 6.07 Å². The number of hydrogen-bond acceptors (Lipinski definition) is 4. The van der Waals surface area contributed by atoms with E-state index in [1.807, 2.05) is 20.8 Å². The number of likely N-dealkylation sites (N-methyl/N-ethyl adjacent to an activating group) is 1. The highest BCUT2D eigenvalue weighted by Crippen LogP contribution is 2.29. The van der Waals surface area contributed by atoms with Crippen LogP contribution < -0.4 is 15.5 Å². The molecule has 0 aliphatic carbocycles. The van der Waals surface area contributed by atoms with Crippen molar-refractivity contribution < 1.29 is 19.4 Å². The van der Waals surface area contributed by atoms with E-state index in [-0.39, 0.29) is 42.3 Å². The zero-order valence-electron chi connectivity index (χ0n) is 14.7. The van der Waals surface area contributed by atoms with Gasteiger partial charge < -0.3 is 15.5 Å². The van der Waals surface area contributed by atoms with E-state index in [9.17, 15) is 19.7 Å². The van der Waals surface area contributed by atoms with Gasteiger partial charge in [-0.05, 0) is 38.8 Å². The summed E-state index contributed by atoms with van der Waals surface area (Å²) >= 11 is 0. The van der Waals surface area contributed by atoms with Crippen LogP contribution in [0.4, 0.5) is 11.4 Å². The van der Waals surface area contributed by atoms with Crippen molar-refractivity contribution in [1.29, 1.82) is 0 Å². The normalized spacial score (nSPS) is 11.9. The molecule has 1 unspecified atom stereocenters. The van der Waals surface area contributed by atoms with Gasteiger partial charge in [0.05, 0.1) is 12.0 Å². The number of rotatable bonds is 7. The molecule has 0 aromatic heterocycles. The smallest absolute Gasteiger partial charge is 0.293 e. The standard InChI is InChI=1S/C16H24N4O4/c1-10(2)17-14(21)8-19(5)9-15(22)18-16-12(4)11(3)6-7-13(16)20(23)24/h6-7,10H,8-9H2,1-5H3,(H,17,21)(H,18,22)/p+1. The first-order valence-electron chi connectivity index (χ1n) is 7.77. The molecule has 3 N–H and O–H groups in total. The monoisotopic (exact) mass is 337 g/mol. The number of hydrogen-bond donors (Lipinski definition) is 3. The quantitative estimate of drug-likeness (QED) is 0.488. The van der Waals surface area contributed by atoms with Gasteiger partial charge in [-0.3, -0.25) is 19.7 Å². The molecule has 0 aliphatic rings. The first-order valence-corrected chi connectivity index (χ1v) is 7.77. The molecule has 0 saturated heterocycles. The fourth-order valence-electron chi connectivity index (χ4n) is 2.28. The van der Waals surface area contributed by atoms with Crippen LogP contribution in [0.5, 0.6) is 0 Å². The summed E-state index contributed by atoms with van der Waals surface area (Å²) in [5.41, 5.74) is 1.59. The number of nitrogens with one attached hydrogen (secondary N) is 3. The minimum atomic E-state index is -0.519. The molecule has 0 heterocycles. The Bertz CT molecular complexity index is 643. The maximum absolute atomic E-state index is 12.2. The van der Waals surface area contributed by atoms with Gasteiger partial charge >= 0.3 is 0 Å². The molecular weight excluding hydrogens is 312 g/mol. The second-order valence-corrected chi connectivity index (χ2v) is 6.24. The van der Waals surface area contributed by atoms with Gasteiger partial charge in [0.25, 0.3) is 17.5 Å². The van der Waals surface area contributed by atoms with Crippen molar-refractivity contribution in [2.45, 2.75) is 33.7 Å². The van der Waals surface area contributed by atoms with Crippen LogP contribution in [0, 0.1) is 24.0 Å². The average Bonchev–Trinajstić information content (AvgIpc) is 2.42. The SMILES string of the molecule is Cc1ccc([N+](=O)[O-])c(NC(=O)C[NH+](C)CC(=O)NC(C)C)c1C. The molecule has 0 saturated carbocycles. The van der Waals surface area contributed by atoms with Crippen molar-refractivity contribution in [2.75, 3.05) is 25.5 Å². The third kappa shape index (κ3) is 5.62. The number of amides is 2. The largest absolute Gasteiger partial charge is 0.349 e. The first-order chi connectivity index (χ1) is 11.1. The molecule has 1 rings (SSSR count). The summed E-state index contributed by atoms with van der Waals surface area (Å²) in [6.07, 6.45) is 0. The Morgan fingerprint density at radius 1 is 1.21 bits per heavy atom. The fourth-order valence-corrected chi connectivity index (χ4v) is 2.28. The highest BCUT2D eigenvalue weighted by molar-refractivity contribution is 5.95. The summed E-state index contributed by atoms with van der Waals surface area (Å²) in [6.45, 7) is 7.46. The van der Waals surface area contributed by atoms with Crippen molar-refractivity contribution in [3.05, 3.63) is 33.4 Å². The molecular formula is C16H25N4O4+. The molecule has 0 bridgehead atoms. The molecule has 8 heteroatoms. The van der Waals surface area contributed by atoms with Gasteiger partial charge in [-0.25, -0.2) is 0 Å². The minimum Gasteiger partial charge on any atom is -0.349 e. The number of nitro benzene ring substituents is 1. The Kier molecular flexibility index (Phi) is 6.84. The van der Waals surface area contributed by atoms with Crippen molar-refractivity contribution in [3.63, 3.8) is 0 Å². The van der Waals surface area contributed by atoms with Crippen molar-refractivity contribution in [1.82, 2.24) is 5.32 Å². The summed E-state index contributed by atoms with van der Waals surface area (Å²) in [5.74, 6) is -0.519. The van der Waals surface area contributed by atoms with Gasteiger partial charge in [0.2, 0.25) is 0 Å². The lowest BCUT2D eigenvalue weighted by atomic mass is 10.1. The Balaban J connectivity index is 2.77. The number of aryl methyl sites for hydroxylation is 1. The number of nitro groups is 1. The topological polar surface area (TPSA) is 106 Å². The molecule has 132 valence electrons. The first kappa shape index (κ1) is 19.6. The second kappa shape index (κ2) is 8.39. The number of benzene rings is 1. The average molecular weight is 337 g/mol. The Hall–Kier alpha value is -2.48. The summed E-state index contributed by atoms with van der Waals surface area (Å²) in [6, 6.07) is 3.07. The number of anilines is 1. The van der Waals surface area contributed by atoms with Crippen LogP contribution in [-0.2, 0) is 9.59 Å². The number of quaternary nitrogens is 1. The molecule has 0 spiro atoms.